The molecular weight excluding hydrogens is 669 g/mol. The fourth-order valence-electron chi connectivity index (χ4n) is 7.47. The van der Waals surface area contributed by atoms with E-state index in [-0.39, 0.29) is 0 Å². The van der Waals surface area contributed by atoms with E-state index in [1.54, 1.807) is 0 Å². The van der Waals surface area contributed by atoms with Gasteiger partial charge in [0.15, 0.2) is 17.5 Å². The molecule has 0 atom stereocenters. The molecule has 0 unspecified atom stereocenters. The van der Waals surface area contributed by atoms with Crippen molar-refractivity contribution in [3.8, 4) is 73.2 Å². The van der Waals surface area contributed by atoms with Gasteiger partial charge >= 0.3 is 0 Å². The molecule has 0 aliphatic carbocycles. The second kappa shape index (κ2) is 13.8. The van der Waals surface area contributed by atoms with Crippen molar-refractivity contribution in [1.29, 1.82) is 0 Å². The van der Waals surface area contributed by atoms with Gasteiger partial charge in [0, 0.05) is 33.2 Å². The van der Waals surface area contributed by atoms with Crippen LogP contribution in [0.2, 0.25) is 0 Å². The number of benzene rings is 8. The zero-order valence-corrected chi connectivity index (χ0v) is 29.9. The van der Waals surface area contributed by atoms with Crippen molar-refractivity contribution in [2.45, 2.75) is 0 Å². The lowest BCUT2D eigenvalue weighted by Gasteiger charge is -2.11. The summed E-state index contributed by atoms with van der Waals surface area (Å²) in [7, 11) is 0. The molecule has 0 amide bonds. The third kappa shape index (κ3) is 6.16. The molecule has 0 saturated carbocycles. The van der Waals surface area contributed by atoms with Gasteiger partial charge in [0.1, 0.15) is 0 Å². The molecule has 55 heavy (non-hydrogen) atoms. The summed E-state index contributed by atoms with van der Waals surface area (Å²) < 4.78 is 2.35. The summed E-state index contributed by atoms with van der Waals surface area (Å²) in [5.74, 6) is 1.90. The molecule has 10 rings (SSSR count). The number of para-hydroxylation sites is 1. The minimum absolute atomic E-state index is 0.629. The van der Waals surface area contributed by atoms with Crippen molar-refractivity contribution in [2.24, 2.45) is 0 Å². The maximum absolute atomic E-state index is 5.10. The van der Waals surface area contributed by atoms with E-state index in [4.69, 9.17) is 15.0 Å². The number of rotatable bonds is 7. The maximum atomic E-state index is 5.10. The van der Waals surface area contributed by atoms with Gasteiger partial charge in [-0.05, 0) is 57.6 Å². The summed E-state index contributed by atoms with van der Waals surface area (Å²) in [5, 5.41) is 2.37. The van der Waals surface area contributed by atoms with Gasteiger partial charge in [-0.3, -0.25) is 0 Å². The molecule has 4 heteroatoms. The lowest BCUT2D eigenvalue weighted by atomic mass is 10.0. The van der Waals surface area contributed by atoms with Crippen molar-refractivity contribution < 1.29 is 0 Å². The van der Waals surface area contributed by atoms with Gasteiger partial charge in [-0.15, -0.1) is 0 Å². The molecule has 2 heterocycles. The average molecular weight is 703 g/mol. The molecule has 0 radical (unpaired) electrons. The van der Waals surface area contributed by atoms with Crippen LogP contribution >= 0.6 is 0 Å². The molecule has 0 bridgehead atoms. The van der Waals surface area contributed by atoms with Gasteiger partial charge in [-0.2, -0.15) is 0 Å². The Morgan fingerprint density at radius 2 is 0.600 bits per heavy atom. The van der Waals surface area contributed by atoms with Crippen molar-refractivity contribution in [3.05, 3.63) is 206 Å². The topological polar surface area (TPSA) is 43.6 Å². The summed E-state index contributed by atoms with van der Waals surface area (Å²) in [6.07, 6.45) is 0. The highest BCUT2D eigenvalue weighted by Crippen LogP contribution is 2.36. The molecule has 0 spiro atoms. The smallest absolute Gasteiger partial charge is 0.164 e. The number of hydrogen-bond donors (Lipinski definition) is 0. The van der Waals surface area contributed by atoms with E-state index in [1.807, 2.05) is 36.4 Å². The molecular formula is C51H34N4. The second-order valence-corrected chi connectivity index (χ2v) is 13.7. The number of aromatic nitrogens is 4. The summed E-state index contributed by atoms with van der Waals surface area (Å²) in [5.41, 5.74) is 13.2. The monoisotopic (exact) mass is 702 g/mol. The van der Waals surface area contributed by atoms with E-state index in [0.717, 1.165) is 39.0 Å². The minimum Gasteiger partial charge on any atom is -0.309 e. The van der Waals surface area contributed by atoms with E-state index in [0.29, 0.717) is 17.5 Å². The lowest BCUT2D eigenvalue weighted by Crippen LogP contribution is -2.00. The second-order valence-electron chi connectivity index (χ2n) is 13.7. The normalized spacial score (nSPS) is 11.3. The van der Waals surface area contributed by atoms with Gasteiger partial charge in [-0.25, -0.2) is 15.0 Å². The summed E-state index contributed by atoms with van der Waals surface area (Å²) in [6.45, 7) is 0. The molecule has 4 nitrogen and oxygen atoms in total. The number of hydrogen-bond acceptors (Lipinski definition) is 3. The fourth-order valence-corrected chi connectivity index (χ4v) is 7.47. The summed E-state index contributed by atoms with van der Waals surface area (Å²) >= 11 is 0. The Morgan fingerprint density at radius 3 is 1.13 bits per heavy atom. The zero-order valence-electron chi connectivity index (χ0n) is 29.9. The average Bonchev–Trinajstić information content (AvgIpc) is 3.61. The van der Waals surface area contributed by atoms with Crippen LogP contribution in [-0.2, 0) is 0 Å². The fraction of sp³-hybridized carbons (Fsp3) is 0. The molecule has 0 aliphatic heterocycles. The molecule has 0 fully saturated rings. The Morgan fingerprint density at radius 1 is 0.255 bits per heavy atom. The largest absolute Gasteiger partial charge is 0.309 e. The number of fused-ring (bicyclic) bond motifs is 3. The Hall–Kier alpha value is -7.43. The van der Waals surface area contributed by atoms with Crippen LogP contribution in [-0.4, -0.2) is 19.5 Å². The van der Waals surface area contributed by atoms with Crippen molar-refractivity contribution >= 4 is 21.8 Å². The molecule has 0 aliphatic rings. The van der Waals surface area contributed by atoms with Crippen LogP contribution in [0.1, 0.15) is 0 Å². The van der Waals surface area contributed by atoms with Crippen molar-refractivity contribution in [1.82, 2.24) is 19.5 Å². The summed E-state index contributed by atoms with van der Waals surface area (Å²) in [4.78, 5) is 15.2. The first-order valence-corrected chi connectivity index (χ1v) is 18.5. The van der Waals surface area contributed by atoms with Gasteiger partial charge in [0.05, 0.1) is 11.0 Å². The molecule has 258 valence electrons. The van der Waals surface area contributed by atoms with Crippen LogP contribution in [0.3, 0.4) is 0 Å². The minimum atomic E-state index is 0.629. The van der Waals surface area contributed by atoms with Crippen molar-refractivity contribution in [2.75, 3.05) is 0 Å². The van der Waals surface area contributed by atoms with Crippen molar-refractivity contribution in [3.63, 3.8) is 0 Å². The van der Waals surface area contributed by atoms with Crippen LogP contribution < -0.4 is 0 Å². The van der Waals surface area contributed by atoms with E-state index < -0.39 is 0 Å². The van der Waals surface area contributed by atoms with E-state index in [1.165, 1.54) is 38.6 Å². The maximum Gasteiger partial charge on any atom is 0.164 e. The van der Waals surface area contributed by atoms with Crippen LogP contribution in [0.4, 0.5) is 0 Å². The Kier molecular flexibility index (Phi) is 8.12. The van der Waals surface area contributed by atoms with E-state index >= 15 is 0 Å². The predicted molar refractivity (Wildman–Crippen MR) is 227 cm³/mol. The number of nitrogens with zero attached hydrogens (tertiary/aromatic N) is 4. The lowest BCUT2D eigenvalue weighted by molar-refractivity contribution is 1.07. The third-order valence-corrected chi connectivity index (χ3v) is 10.3. The molecule has 8 aromatic carbocycles. The summed E-state index contributed by atoms with van der Waals surface area (Å²) in [6, 6.07) is 72.3. The molecule has 0 saturated heterocycles. The highest BCUT2D eigenvalue weighted by molar-refractivity contribution is 6.10. The van der Waals surface area contributed by atoms with Gasteiger partial charge < -0.3 is 4.57 Å². The Bertz CT molecular complexity index is 2920. The molecule has 10 aromatic rings. The highest BCUT2D eigenvalue weighted by Gasteiger charge is 2.17. The van der Waals surface area contributed by atoms with Crippen LogP contribution in [0.25, 0.3) is 95.0 Å². The molecule has 2 aromatic heterocycles. The first kappa shape index (κ1) is 32.2. The zero-order chi connectivity index (χ0) is 36.6. The van der Waals surface area contributed by atoms with Gasteiger partial charge in [0.2, 0.25) is 0 Å². The standard InChI is InChI=1S/C51H34N4/c1-4-12-35(13-5-1)37-20-22-39(23-21-37)40-28-31-44(32-29-40)55-47-19-11-10-18-45(47)46-33-30-43(34-48(46)55)51-53-49(41-16-8-3-9-17-41)52-50(54-51)42-26-24-38(25-27-42)36-14-6-2-7-15-36/h1-34H. The van der Waals surface area contributed by atoms with E-state index in [2.05, 4.69) is 174 Å². The SMILES string of the molecule is c1ccc(-c2ccc(-c3ccc(-n4c5ccccc5c5ccc(-c6nc(-c7ccccc7)nc(-c7ccc(-c8ccccc8)cc7)n6)cc54)cc3)cc2)cc1. The van der Waals surface area contributed by atoms with Crippen LogP contribution in [0.5, 0.6) is 0 Å². The first-order chi connectivity index (χ1) is 27.2. The van der Waals surface area contributed by atoms with Gasteiger partial charge in [0.25, 0.3) is 0 Å². The van der Waals surface area contributed by atoms with Gasteiger partial charge in [-0.1, -0.05) is 182 Å². The van der Waals surface area contributed by atoms with Crippen LogP contribution in [0.15, 0.2) is 206 Å². The quantitative estimate of drug-likeness (QED) is 0.166. The third-order valence-electron chi connectivity index (χ3n) is 10.3. The Balaban J connectivity index is 1.06. The highest BCUT2D eigenvalue weighted by atomic mass is 15.0. The Labute approximate surface area is 319 Å². The first-order valence-electron chi connectivity index (χ1n) is 18.5. The molecule has 0 N–H and O–H groups in total. The van der Waals surface area contributed by atoms with Crippen LogP contribution in [0, 0.1) is 0 Å². The predicted octanol–water partition coefficient (Wildman–Crippen LogP) is 13.0. The van der Waals surface area contributed by atoms with E-state index in [9.17, 15) is 0 Å².